The Morgan fingerprint density at radius 3 is 2.52 bits per heavy atom. The number of alkyl halides is 1. The summed E-state index contributed by atoms with van der Waals surface area (Å²) in [4.78, 5) is 12.5. The van der Waals surface area contributed by atoms with Crippen LogP contribution < -0.4 is 10.1 Å². The van der Waals surface area contributed by atoms with Crippen LogP contribution in [0.3, 0.4) is 0 Å². The van der Waals surface area contributed by atoms with Gasteiger partial charge in [-0.25, -0.2) is 0 Å². The molecule has 27 heavy (non-hydrogen) atoms. The first-order chi connectivity index (χ1) is 12.8. The van der Waals surface area contributed by atoms with Gasteiger partial charge in [-0.05, 0) is 50.8 Å². The molecular formula is C20H30BrN3O3. The summed E-state index contributed by atoms with van der Waals surface area (Å²) in [5, 5.41) is 9.00. The fourth-order valence-electron chi connectivity index (χ4n) is 3.24. The van der Waals surface area contributed by atoms with Crippen LogP contribution in [0.1, 0.15) is 30.5 Å². The van der Waals surface area contributed by atoms with Crippen molar-refractivity contribution in [2.75, 3.05) is 40.0 Å². The van der Waals surface area contributed by atoms with Crippen LogP contribution in [0, 0.1) is 13.8 Å². The number of amides is 1. The van der Waals surface area contributed by atoms with Gasteiger partial charge in [-0.15, -0.1) is 0 Å². The maximum absolute atomic E-state index is 12.5. The zero-order chi connectivity index (χ0) is 20.0. The van der Waals surface area contributed by atoms with Gasteiger partial charge in [0.05, 0.1) is 25.4 Å². The first-order valence-corrected chi connectivity index (χ1v) is 10.1. The summed E-state index contributed by atoms with van der Waals surface area (Å²) in [5.41, 5.74) is 4.22. The fourth-order valence-corrected chi connectivity index (χ4v) is 3.82. The van der Waals surface area contributed by atoms with E-state index < -0.39 is 4.32 Å². The minimum absolute atomic E-state index is 0.0867. The highest BCUT2D eigenvalue weighted by Gasteiger charge is 2.43. The third-order valence-electron chi connectivity index (χ3n) is 4.59. The molecule has 1 heterocycles. The molecule has 0 saturated heterocycles. The second kappa shape index (κ2) is 9.55. The number of hydrogen-bond acceptors (Lipinski definition) is 5. The van der Waals surface area contributed by atoms with Gasteiger partial charge in [0.25, 0.3) is 0 Å². The van der Waals surface area contributed by atoms with Gasteiger partial charge in [0.2, 0.25) is 5.91 Å². The molecule has 1 N–H and O–H groups in total. The van der Waals surface area contributed by atoms with E-state index in [1.54, 1.807) is 5.01 Å². The van der Waals surface area contributed by atoms with E-state index in [4.69, 9.17) is 9.47 Å². The van der Waals surface area contributed by atoms with E-state index in [1.807, 2.05) is 34.7 Å². The lowest BCUT2D eigenvalue weighted by Gasteiger charge is -2.21. The lowest BCUT2D eigenvalue weighted by Crippen LogP contribution is -2.49. The number of hydrogen-bond donors (Lipinski definition) is 1. The number of hydrazone groups is 1. The Bertz CT molecular complexity index is 685. The van der Waals surface area contributed by atoms with Crippen LogP contribution in [0.15, 0.2) is 17.2 Å². The number of carbonyl (C=O) groups excluding carboxylic acids is 1. The van der Waals surface area contributed by atoms with Crippen molar-refractivity contribution in [1.29, 1.82) is 0 Å². The van der Waals surface area contributed by atoms with Crippen LogP contribution in [0.5, 0.6) is 5.75 Å². The summed E-state index contributed by atoms with van der Waals surface area (Å²) < 4.78 is 10.6. The summed E-state index contributed by atoms with van der Waals surface area (Å²) in [7, 11) is 1.85. The molecule has 0 fully saturated rings. The van der Waals surface area contributed by atoms with Crippen molar-refractivity contribution < 1.29 is 14.3 Å². The molecule has 1 amide bonds. The Kier molecular flexibility index (Phi) is 7.68. The lowest BCUT2D eigenvalue weighted by molar-refractivity contribution is -0.121. The molecule has 0 aliphatic carbocycles. The summed E-state index contributed by atoms with van der Waals surface area (Å²) in [5.74, 6) is 0.799. The van der Waals surface area contributed by atoms with Crippen LogP contribution in [0.2, 0.25) is 0 Å². The van der Waals surface area contributed by atoms with E-state index in [1.165, 1.54) is 5.56 Å². The molecule has 1 aromatic rings. The van der Waals surface area contributed by atoms with Gasteiger partial charge in [0.1, 0.15) is 12.4 Å². The normalized spacial score (nSPS) is 19.2. The zero-order valence-electron chi connectivity index (χ0n) is 16.9. The molecule has 7 heteroatoms. The van der Waals surface area contributed by atoms with Crippen molar-refractivity contribution in [3.05, 3.63) is 28.8 Å². The Balaban J connectivity index is 1.85. The van der Waals surface area contributed by atoms with Crippen LogP contribution in [0.4, 0.5) is 0 Å². The SMILES string of the molecule is CCOCCc1cc(C)c(OCCNC(=O)C2(Br)CN(C)N=C2C)c(C)c1. The van der Waals surface area contributed by atoms with Crippen molar-refractivity contribution in [3.63, 3.8) is 0 Å². The van der Waals surface area contributed by atoms with Crippen LogP contribution in [-0.4, -0.2) is 60.9 Å². The smallest absolute Gasteiger partial charge is 0.244 e. The third-order valence-corrected chi connectivity index (χ3v) is 5.78. The highest BCUT2D eigenvalue weighted by Crippen LogP contribution is 2.27. The molecule has 1 unspecified atom stereocenters. The summed E-state index contributed by atoms with van der Waals surface area (Å²) in [6.07, 6.45) is 0.897. The van der Waals surface area contributed by atoms with Gasteiger partial charge in [0.15, 0.2) is 4.32 Å². The molecule has 0 saturated carbocycles. The topological polar surface area (TPSA) is 63.2 Å². The van der Waals surface area contributed by atoms with E-state index in [9.17, 15) is 4.79 Å². The molecule has 6 nitrogen and oxygen atoms in total. The molecule has 0 spiro atoms. The molecule has 0 radical (unpaired) electrons. The number of aryl methyl sites for hydroxylation is 2. The molecule has 1 aromatic carbocycles. The van der Waals surface area contributed by atoms with Crippen LogP contribution in [-0.2, 0) is 16.0 Å². The lowest BCUT2D eigenvalue weighted by atomic mass is 10.0. The maximum Gasteiger partial charge on any atom is 0.244 e. The van der Waals surface area contributed by atoms with Crippen molar-refractivity contribution in [1.82, 2.24) is 10.3 Å². The number of ether oxygens (including phenoxy) is 2. The number of rotatable bonds is 9. The van der Waals surface area contributed by atoms with Crippen molar-refractivity contribution in [2.24, 2.45) is 5.10 Å². The molecule has 0 bridgehead atoms. The van der Waals surface area contributed by atoms with Crippen molar-refractivity contribution in [3.8, 4) is 5.75 Å². The Labute approximate surface area is 170 Å². The average molecular weight is 440 g/mol. The predicted octanol–water partition coefficient (Wildman–Crippen LogP) is 2.83. The van der Waals surface area contributed by atoms with Gasteiger partial charge in [-0.1, -0.05) is 28.1 Å². The summed E-state index contributed by atoms with van der Waals surface area (Å²) >= 11 is 3.54. The van der Waals surface area contributed by atoms with Gasteiger partial charge in [-0.3, -0.25) is 9.80 Å². The maximum atomic E-state index is 12.5. The first-order valence-electron chi connectivity index (χ1n) is 9.32. The molecule has 0 aromatic heterocycles. The number of nitrogens with one attached hydrogen (secondary N) is 1. The van der Waals surface area contributed by atoms with Crippen LogP contribution >= 0.6 is 15.9 Å². The van der Waals surface area contributed by atoms with E-state index in [0.29, 0.717) is 19.7 Å². The molecule has 1 aliphatic heterocycles. The molecule has 2 rings (SSSR count). The Morgan fingerprint density at radius 1 is 1.30 bits per heavy atom. The summed E-state index contributed by atoms with van der Waals surface area (Å²) in [6, 6.07) is 4.28. The van der Waals surface area contributed by atoms with Gasteiger partial charge in [-0.2, -0.15) is 5.10 Å². The second-order valence-electron chi connectivity index (χ2n) is 6.91. The van der Waals surface area contributed by atoms with Gasteiger partial charge in [0, 0.05) is 13.7 Å². The van der Waals surface area contributed by atoms with Crippen LogP contribution in [0.25, 0.3) is 0 Å². The Morgan fingerprint density at radius 2 is 1.96 bits per heavy atom. The highest BCUT2D eigenvalue weighted by molar-refractivity contribution is 9.10. The van der Waals surface area contributed by atoms with Crippen molar-refractivity contribution in [2.45, 2.75) is 38.4 Å². The quantitative estimate of drug-likeness (QED) is 0.474. The van der Waals surface area contributed by atoms with Gasteiger partial charge >= 0.3 is 0 Å². The standard InChI is InChI=1S/C20H30BrN3O3/c1-6-26-9-7-17-11-14(2)18(15(3)12-17)27-10-8-22-19(25)20(21)13-24(5)23-16(20)4/h11-12H,6-10,13H2,1-5H3,(H,22,25). The van der Waals surface area contributed by atoms with E-state index >= 15 is 0 Å². The molecule has 1 aliphatic rings. The van der Waals surface area contributed by atoms with E-state index in [-0.39, 0.29) is 5.91 Å². The zero-order valence-corrected chi connectivity index (χ0v) is 18.5. The fraction of sp³-hybridized carbons (Fsp3) is 0.600. The Hall–Kier alpha value is -1.60. The summed E-state index contributed by atoms with van der Waals surface area (Å²) in [6.45, 7) is 10.8. The monoisotopic (exact) mass is 439 g/mol. The molecule has 150 valence electrons. The molecule has 1 atom stereocenters. The van der Waals surface area contributed by atoms with Gasteiger partial charge < -0.3 is 14.8 Å². The van der Waals surface area contributed by atoms with E-state index in [0.717, 1.165) is 42.2 Å². The van der Waals surface area contributed by atoms with E-state index in [2.05, 4.69) is 38.5 Å². The number of halogens is 1. The minimum Gasteiger partial charge on any atom is -0.491 e. The average Bonchev–Trinajstić information content (AvgIpc) is 2.86. The minimum atomic E-state index is -0.754. The highest BCUT2D eigenvalue weighted by atomic mass is 79.9. The number of carbonyl (C=O) groups is 1. The molecular weight excluding hydrogens is 410 g/mol. The number of nitrogens with zero attached hydrogens (tertiary/aromatic N) is 2. The largest absolute Gasteiger partial charge is 0.491 e. The predicted molar refractivity (Wildman–Crippen MR) is 112 cm³/mol. The third kappa shape index (κ3) is 5.45. The second-order valence-corrected chi connectivity index (χ2v) is 8.27. The first kappa shape index (κ1) is 21.7. The van der Waals surface area contributed by atoms with Crippen molar-refractivity contribution >= 4 is 27.5 Å². The number of benzene rings is 1.